The van der Waals surface area contributed by atoms with Crippen molar-refractivity contribution in [2.75, 3.05) is 25.4 Å². The highest BCUT2D eigenvalue weighted by atomic mass is 35.8. The minimum absolute atomic E-state index is 0. The zero-order chi connectivity index (χ0) is 89.3. The molecule has 3 N–H and O–H groups in total. The molecule has 0 atom stereocenters. The van der Waals surface area contributed by atoms with Crippen molar-refractivity contribution in [1.29, 1.82) is 0 Å². The molecule has 0 aliphatic carbocycles. The summed E-state index contributed by atoms with van der Waals surface area (Å²) in [6.45, 7) is 63.4. The van der Waals surface area contributed by atoms with Crippen LogP contribution in [0.25, 0.3) is 0 Å². The number of nitrogens with two attached hydrogens (primary N) is 1. The molecule has 6 aromatic rings. The Morgan fingerprint density at radius 1 is 0.517 bits per heavy atom. The van der Waals surface area contributed by atoms with Crippen LogP contribution in [0.15, 0.2) is 173 Å². The molecule has 9 rings (SSSR count). The molecule has 10 nitrogen and oxygen atoms in total. The van der Waals surface area contributed by atoms with E-state index in [1.54, 1.807) is 71.1 Å². The Bertz CT molecular complexity index is 4210. The van der Waals surface area contributed by atoms with Gasteiger partial charge in [-0.15, -0.1) is 83.8 Å². The van der Waals surface area contributed by atoms with Gasteiger partial charge in [-0.1, -0.05) is 179 Å². The number of thiocarbonyl (C=S) groups is 1. The number of hydrogen-bond donors (Lipinski definition) is 3. The summed E-state index contributed by atoms with van der Waals surface area (Å²) >= 11 is 16.4. The third-order valence-corrected chi connectivity index (χ3v) is 24.5. The first-order valence-corrected chi connectivity index (χ1v) is 49.9. The number of thioether (sulfide) groups is 5. The first-order chi connectivity index (χ1) is 53.1. The number of allylic oxidation sites excluding steroid dienone is 2. The van der Waals surface area contributed by atoms with E-state index < -0.39 is 17.0 Å². The summed E-state index contributed by atoms with van der Waals surface area (Å²) in [5.74, 6) is 1.12. The minimum atomic E-state index is -1.72. The van der Waals surface area contributed by atoms with Crippen LogP contribution >= 0.6 is 126 Å². The number of aliphatic hydroxyl groups is 1. The lowest BCUT2D eigenvalue weighted by atomic mass is 9.76. The number of thiol groups is 1. The number of aliphatic imine (C=N–C) groups is 1. The topological polar surface area (TPSA) is 164 Å². The van der Waals surface area contributed by atoms with E-state index in [1.807, 2.05) is 136 Å². The maximum atomic E-state index is 11.2. The van der Waals surface area contributed by atoms with Crippen LogP contribution in [0.5, 0.6) is 0 Å². The van der Waals surface area contributed by atoms with Crippen molar-refractivity contribution in [2.24, 2.45) is 4.99 Å². The van der Waals surface area contributed by atoms with Crippen molar-refractivity contribution in [3.63, 3.8) is 0 Å². The minimum Gasteiger partial charge on any atom is -0.399 e. The number of hydrogen-bond acceptors (Lipinski definition) is 17. The van der Waals surface area contributed by atoms with Crippen LogP contribution in [0.3, 0.4) is 0 Å². The molecule has 0 spiro atoms. The number of ketones is 6. The average Bonchev–Trinajstić information content (AvgIpc) is 0.778. The maximum absolute atomic E-state index is 11.2. The number of Topliss-reactive ketones (excluding diaryl/α,β-unsaturated/α-hetero) is 5. The van der Waals surface area contributed by atoms with Gasteiger partial charge in [-0.25, -0.2) is 30.1 Å². The lowest BCUT2D eigenvalue weighted by molar-refractivity contribution is -0.118. The number of rotatable bonds is 21. The molecule has 0 amide bonds. The fourth-order valence-electron chi connectivity index (χ4n) is 14.8. The van der Waals surface area contributed by atoms with Crippen molar-refractivity contribution in [3.8, 4) is 0 Å². The number of fused-ring (bicyclic) bond motifs is 3. The molecule has 656 valence electrons. The highest BCUT2D eigenvalue weighted by Gasteiger charge is 2.41. The van der Waals surface area contributed by atoms with Gasteiger partial charge in [0, 0.05) is 90.9 Å². The molecule has 0 radical (unpaired) electrons. The second-order valence-corrected chi connectivity index (χ2v) is 51.9. The molecule has 3 aliphatic heterocycles. The molecule has 0 saturated heterocycles. The highest BCUT2D eigenvalue weighted by molar-refractivity contribution is 8.01. The predicted molar refractivity (Wildman–Crippen MR) is 532 cm³/mol. The van der Waals surface area contributed by atoms with Crippen LogP contribution in [0.2, 0.25) is 0 Å². The number of halogens is 4. The molecule has 0 bridgehead atoms. The van der Waals surface area contributed by atoms with Crippen LogP contribution in [-0.2, 0) is 70.7 Å². The van der Waals surface area contributed by atoms with E-state index >= 15 is 0 Å². The monoisotopic (exact) mass is 1840 g/mol. The number of nitrogen functional groups attached to an aromatic ring is 1. The van der Waals surface area contributed by atoms with E-state index in [0.717, 1.165) is 55.4 Å². The molecular formula is C96H142AlCl4N3O7S7. The molecule has 22 heteroatoms. The Labute approximate surface area is 769 Å². The summed E-state index contributed by atoms with van der Waals surface area (Å²) in [6, 6.07) is 42.9. The van der Waals surface area contributed by atoms with Gasteiger partial charge in [0.15, 0.2) is 5.78 Å². The molecule has 0 fully saturated rings. The quantitative estimate of drug-likeness (QED) is 0.0118. The summed E-state index contributed by atoms with van der Waals surface area (Å²) in [7, 11) is 14.8. The van der Waals surface area contributed by atoms with Gasteiger partial charge in [0.2, 0.25) is 0 Å². The van der Waals surface area contributed by atoms with E-state index in [9.17, 15) is 33.9 Å². The number of carbonyl (C=O) groups is 6. The molecule has 0 saturated carbocycles. The average molecular weight is 1840 g/mol. The summed E-state index contributed by atoms with van der Waals surface area (Å²) in [5.41, 5.74) is 17.2. The zero-order valence-corrected chi connectivity index (χ0v) is 85.6. The van der Waals surface area contributed by atoms with Gasteiger partial charge < -0.3 is 15.7 Å². The van der Waals surface area contributed by atoms with Crippen LogP contribution in [0.4, 0.5) is 11.4 Å². The summed E-state index contributed by atoms with van der Waals surface area (Å²) in [6.07, 6.45) is 8.49. The lowest BCUT2D eigenvalue weighted by Crippen LogP contribution is -2.33. The number of nitrogens with zero attached hydrogens (tertiary/aromatic N) is 2. The second kappa shape index (κ2) is 53.7. The third kappa shape index (κ3) is 50.4. The smallest absolute Gasteiger partial charge is 0.399 e. The Balaban J connectivity index is 0. The van der Waals surface area contributed by atoms with Gasteiger partial charge in [-0.05, 0) is 281 Å². The largest absolute Gasteiger partial charge is 0.643 e. The van der Waals surface area contributed by atoms with Gasteiger partial charge in [-0.2, -0.15) is 4.99 Å². The summed E-state index contributed by atoms with van der Waals surface area (Å²) in [5, 5.41) is 12.4. The number of benzene rings is 6. The highest BCUT2D eigenvalue weighted by Crippen LogP contribution is 2.54. The molecular weight excluding hydrogens is 1700 g/mol. The third-order valence-electron chi connectivity index (χ3n) is 17.9. The Kier molecular flexibility index (Phi) is 52.9. The summed E-state index contributed by atoms with van der Waals surface area (Å²) in [4.78, 5) is 79.1. The van der Waals surface area contributed by atoms with Crippen molar-refractivity contribution < 1.29 is 33.9 Å². The zero-order valence-electron chi connectivity index (χ0n) is 75.6. The molecule has 3 aliphatic rings. The molecule has 118 heavy (non-hydrogen) atoms. The normalized spacial score (nSPS) is 14.8. The van der Waals surface area contributed by atoms with E-state index in [0.29, 0.717) is 46.3 Å². The standard InChI is InChI=1S/C16H24O2S.C16H22OS.C15H20O2S.C14H17NS2.C13H19NS.C9H10OS.C6H15N.C6H10O.CH4.Al.4ClH/c1-12(17)10-13-6-8-14(9-7-13)19-16(4,5)11-15(2,3)18;1-11(17)8-12-6-7-14-13(9-12)15(2,3)10-16(4,5)18-14;1-11(16)9-13-5-7-14(8-6-13)18-15(3,4)10-12(2)17;1-13(2)8-14(3,4)17-12-6-5-10(15-9-16)7-11(12)13;1-12(2)8-13(3,4)15-11-6-5-9(14)7-10(11)12;1-7(10)6-8-2-4-9(11)5-3-8;1-4-7(5-2)6-3;1-5(2)4-6(3)7;;;;;;/h6-9,18H,10-11H2,1-5H3;6-7,9H,8,10H2,1-5H3;5-8H,9-10H2,1-4H3;5-7H,8H2,1-4H3;5-7H,8,14H2,1-4H3;2-5,11H,6H2,1H3;4-6H2,1-3H3;4H,1-3H3;1H4;;4*1H/q;;;;;;;;;+3;;;;/p-3. The number of isothiocyanates is 1. The molecule has 3 heterocycles. The first-order valence-electron chi connectivity index (χ1n) is 39.7. The first kappa shape index (κ1) is 116. The van der Waals surface area contributed by atoms with E-state index in [-0.39, 0.29) is 80.3 Å². The summed E-state index contributed by atoms with van der Waals surface area (Å²) < 4.78 is 0.797. The maximum Gasteiger partial charge on any atom is 0.643 e. The van der Waals surface area contributed by atoms with Crippen molar-refractivity contribution >= 4 is 189 Å². The molecule has 6 aromatic carbocycles. The molecule has 0 aromatic heterocycles. The molecule has 0 unspecified atom stereocenters. The van der Waals surface area contributed by atoms with E-state index in [1.165, 1.54) is 75.2 Å². The lowest BCUT2D eigenvalue weighted by Gasteiger charge is -2.41. The Hall–Kier alpha value is -3.61. The van der Waals surface area contributed by atoms with Crippen LogP contribution in [-0.4, -0.2) is 110 Å². The number of carbonyl (C=O) groups excluding carboxylic acids is 6. The number of anilines is 1. The van der Waals surface area contributed by atoms with E-state index in [4.69, 9.17) is 35.9 Å². The van der Waals surface area contributed by atoms with Gasteiger partial charge in [-0.3, -0.25) is 28.8 Å². The fraction of sp³-hybridized carbons (Fsp3) is 0.531. The van der Waals surface area contributed by atoms with Crippen LogP contribution in [0.1, 0.15) is 279 Å². The van der Waals surface area contributed by atoms with Gasteiger partial charge in [0.25, 0.3) is 0 Å². The predicted octanol–water partition coefficient (Wildman–Crippen LogP) is 28.4. The van der Waals surface area contributed by atoms with Crippen LogP contribution < -0.4 is 5.73 Å². The fourth-order valence-corrected chi connectivity index (χ4v) is 22.4. The van der Waals surface area contributed by atoms with E-state index in [2.05, 4.69) is 226 Å². The Morgan fingerprint density at radius 3 is 1.14 bits per heavy atom. The second-order valence-electron chi connectivity index (χ2n) is 36.0. The SMILES string of the molecule is C.CC(=O)C=C(C)C.CC(=O)Cc1ccc(S)cc1.CC(=O)Cc1ccc(SC(C)(C)CC(C)(C)O)cc1.CC(=O)Cc1ccc(SC(C)(C)CC(C)=O)cc1.CC(=O)Cc1ccc2c(c1)C(C)(C)CC(C)(C)S2.CC1(C)CC(C)(C)c2cc(N)ccc2S1.CC1(C)CC(C)(C)c2cc(N=C=S)ccc2S1.CCN(CC)CC.Cl.[Cl][Al]([Cl])[Cl]. The van der Waals surface area contributed by atoms with Crippen molar-refractivity contribution in [1.82, 2.24) is 4.90 Å². The van der Waals surface area contributed by atoms with Gasteiger partial charge in [0.05, 0.1) is 16.4 Å². The Morgan fingerprint density at radius 2 is 0.831 bits per heavy atom. The van der Waals surface area contributed by atoms with Crippen LogP contribution in [0, 0.1) is 0 Å². The van der Waals surface area contributed by atoms with Gasteiger partial charge in [0.1, 0.15) is 28.9 Å². The van der Waals surface area contributed by atoms with Gasteiger partial charge >= 0.3 is 11.4 Å². The van der Waals surface area contributed by atoms with Crippen molar-refractivity contribution in [2.45, 2.75) is 341 Å². The van der Waals surface area contributed by atoms with Crippen molar-refractivity contribution in [3.05, 3.63) is 178 Å².